The smallest absolute Gasteiger partial charge is 0.223 e. The molecule has 0 radical (unpaired) electrons. The molecular weight excluding hydrogens is 464 g/mol. The van der Waals surface area contributed by atoms with Crippen molar-refractivity contribution >= 4 is 5.91 Å². The van der Waals surface area contributed by atoms with E-state index in [0.717, 1.165) is 82.2 Å². The lowest BCUT2D eigenvalue weighted by Gasteiger charge is -2.68. The molecule has 8 unspecified atom stereocenters. The highest BCUT2D eigenvalue weighted by Gasteiger charge is 2.77. The Morgan fingerprint density at radius 2 is 1.73 bits per heavy atom. The Labute approximate surface area is 222 Å². The van der Waals surface area contributed by atoms with Crippen molar-refractivity contribution in [2.75, 3.05) is 13.1 Å². The first-order valence-electron chi connectivity index (χ1n) is 16.1. The maximum Gasteiger partial charge on any atom is 0.223 e. The number of aliphatic hydroxyl groups is 2. The molecule has 37 heavy (non-hydrogen) atoms. The van der Waals surface area contributed by atoms with Crippen LogP contribution in [0.3, 0.4) is 0 Å². The number of fused-ring (bicyclic) bond motifs is 1. The summed E-state index contributed by atoms with van der Waals surface area (Å²) in [6, 6.07) is 0.172. The lowest BCUT2D eigenvalue weighted by molar-refractivity contribution is -0.260. The van der Waals surface area contributed by atoms with Crippen LogP contribution >= 0.6 is 0 Å². The van der Waals surface area contributed by atoms with Crippen LogP contribution in [-0.4, -0.2) is 70.1 Å². The van der Waals surface area contributed by atoms with Crippen molar-refractivity contribution in [3.8, 4) is 0 Å². The number of likely N-dealkylation sites (tertiary alicyclic amines) is 1. The van der Waals surface area contributed by atoms with Gasteiger partial charge in [-0.3, -0.25) is 9.69 Å². The Morgan fingerprint density at radius 1 is 0.919 bits per heavy atom. The molecule has 0 aromatic carbocycles. The van der Waals surface area contributed by atoms with Gasteiger partial charge in [0.05, 0.1) is 30.0 Å². The zero-order chi connectivity index (χ0) is 24.9. The van der Waals surface area contributed by atoms with Crippen molar-refractivity contribution < 1.29 is 19.7 Å². The largest absolute Gasteiger partial charge is 0.390 e. The Kier molecular flexibility index (Phi) is 5.64. The number of carbonyl (C=O) groups excluding carboxylic acids is 1. The summed E-state index contributed by atoms with van der Waals surface area (Å²) in [5.74, 6) is 3.53. The minimum atomic E-state index is -0.765. The molecule has 1 spiro atoms. The molecule has 6 nitrogen and oxygen atoms in total. The van der Waals surface area contributed by atoms with Crippen LogP contribution in [0, 0.1) is 40.9 Å². The highest BCUT2D eigenvalue weighted by molar-refractivity contribution is 5.79. The van der Waals surface area contributed by atoms with Crippen molar-refractivity contribution in [1.82, 2.24) is 10.2 Å². The molecule has 1 amide bonds. The average molecular weight is 513 g/mol. The quantitative estimate of drug-likeness (QED) is 0.536. The number of ether oxygens (including phenoxy) is 1. The third-order valence-electron chi connectivity index (χ3n) is 13.2. The molecule has 3 N–H and O–H groups in total. The standard InChI is InChI=1S/C31H48N2O4/c34-24-10-9-21-16-25-31(36)12-11-23(32-29(35)22-8-7-19-3-1-2-4-20(19)15-22)28-30(31,26(21)27(24)37-28)13-14-33(25)17-18-5-6-18/h18-28,34,36H,1-17H2,(H,32,35)/t19?,20?,21?,22?,23-,24?,25?,26?,27?,28+,30+,31-/m1/s1. The summed E-state index contributed by atoms with van der Waals surface area (Å²) in [7, 11) is 0. The molecule has 6 heteroatoms. The SMILES string of the molecule is O=C(N[C@@H]1CC[C@@]2(O)C3CC4CCC(O)C5O[C@@H]1[C@]2(CCN3CC1CC1)C45)C1CCC2CCCCC2C1. The molecule has 6 saturated carbocycles. The maximum atomic E-state index is 13.7. The van der Waals surface area contributed by atoms with Crippen LogP contribution in [0.5, 0.6) is 0 Å². The van der Waals surface area contributed by atoms with E-state index in [0.29, 0.717) is 5.92 Å². The number of nitrogens with one attached hydrogen (secondary N) is 1. The molecule has 0 aromatic heterocycles. The first-order chi connectivity index (χ1) is 18.0. The fourth-order valence-electron chi connectivity index (χ4n) is 11.4. The van der Waals surface area contributed by atoms with Gasteiger partial charge in [0.25, 0.3) is 0 Å². The van der Waals surface area contributed by atoms with Crippen molar-refractivity contribution in [3.05, 3.63) is 0 Å². The zero-order valence-corrected chi connectivity index (χ0v) is 22.5. The topological polar surface area (TPSA) is 82.0 Å². The van der Waals surface area contributed by atoms with Crippen molar-refractivity contribution in [3.63, 3.8) is 0 Å². The molecule has 8 rings (SSSR count). The average Bonchev–Trinajstić information content (AvgIpc) is 3.65. The third-order valence-corrected chi connectivity index (χ3v) is 13.2. The second-order valence-corrected chi connectivity index (χ2v) is 14.8. The fourth-order valence-corrected chi connectivity index (χ4v) is 11.4. The van der Waals surface area contributed by atoms with Gasteiger partial charge in [-0.05, 0) is 101 Å². The first kappa shape index (κ1) is 24.1. The van der Waals surface area contributed by atoms with Gasteiger partial charge in [-0.1, -0.05) is 25.7 Å². The summed E-state index contributed by atoms with van der Waals surface area (Å²) < 4.78 is 6.88. The number of aliphatic hydroxyl groups excluding tert-OH is 1. The van der Waals surface area contributed by atoms with E-state index in [1.165, 1.54) is 44.9 Å². The second-order valence-electron chi connectivity index (χ2n) is 14.8. The van der Waals surface area contributed by atoms with Crippen molar-refractivity contribution in [2.24, 2.45) is 40.9 Å². The van der Waals surface area contributed by atoms with Crippen LogP contribution in [0.1, 0.15) is 96.3 Å². The van der Waals surface area contributed by atoms with E-state index in [4.69, 9.17) is 4.74 Å². The number of nitrogens with zero attached hydrogens (tertiary/aromatic N) is 1. The summed E-state index contributed by atoms with van der Waals surface area (Å²) in [6.45, 7) is 2.17. The van der Waals surface area contributed by atoms with E-state index in [1.807, 2.05) is 0 Å². The minimum Gasteiger partial charge on any atom is -0.390 e. The maximum absolute atomic E-state index is 13.7. The molecule has 0 aromatic rings. The van der Waals surface area contributed by atoms with Crippen LogP contribution in [0.25, 0.3) is 0 Å². The van der Waals surface area contributed by atoms with Gasteiger partial charge in [0, 0.05) is 29.8 Å². The van der Waals surface area contributed by atoms with Crippen molar-refractivity contribution in [2.45, 2.75) is 132 Å². The first-order valence-corrected chi connectivity index (χ1v) is 16.1. The molecule has 2 aliphatic heterocycles. The number of amides is 1. The normalized spacial score (nSPS) is 54.8. The molecule has 12 atom stereocenters. The minimum absolute atomic E-state index is 0.0379. The highest BCUT2D eigenvalue weighted by atomic mass is 16.5. The molecular formula is C31H48N2O4. The Balaban J connectivity index is 1.07. The Bertz CT molecular complexity index is 925. The van der Waals surface area contributed by atoms with Gasteiger partial charge in [0.2, 0.25) is 5.91 Å². The molecule has 2 saturated heterocycles. The van der Waals surface area contributed by atoms with Crippen LogP contribution in [0.2, 0.25) is 0 Å². The molecule has 8 aliphatic rings. The summed E-state index contributed by atoms with van der Waals surface area (Å²) >= 11 is 0. The van der Waals surface area contributed by atoms with E-state index < -0.39 is 11.7 Å². The Hall–Kier alpha value is -0.690. The van der Waals surface area contributed by atoms with E-state index >= 15 is 0 Å². The van der Waals surface area contributed by atoms with Crippen molar-refractivity contribution in [1.29, 1.82) is 0 Å². The van der Waals surface area contributed by atoms with E-state index in [1.54, 1.807) is 0 Å². The monoisotopic (exact) mass is 512 g/mol. The summed E-state index contributed by atoms with van der Waals surface area (Å²) in [6.07, 6.45) is 16.0. The zero-order valence-electron chi connectivity index (χ0n) is 22.5. The van der Waals surface area contributed by atoms with E-state index in [9.17, 15) is 15.0 Å². The second kappa shape index (κ2) is 8.65. The van der Waals surface area contributed by atoms with Gasteiger partial charge in [-0.25, -0.2) is 0 Å². The van der Waals surface area contributed by atoms with Crippen LogP contribution in [-0.2, 0) is 9.53 Å². The van der Waals surface area contributed by atoms with Crippen LogP contribution in [0.4, 0.5) is 0 Å². The molecule has 8 fully saturated rings. The fraction of sp³-hybridized carbons (Fsp3) is 0.968. The lowest BCUT2D eigenvalue weighted by atomic mass is 9.42. The van der Waals surface area contributed by atoms with E-state index in [-0.39, 0.29) is 47.4 Å². The summed E-state index contributed by atoms with van der Waals surface area (Å²) in [5.41, 5.74) is -1.09. The number of piperidine rings is 1. The van der Waals surface area contributed by atoms with Gasteiger partial charge in [-0.2, -0.15) is 0 Å². The predicted molar refractivity (Wildman–Crippen MR) is 140 cm³/mol. The highest BCUT2D eigenvalue weighted by Crippen LogP contribution is 2.69. The lowest BCUT2D eigenvalue weighted by Crippen LogP contribution is -2.78. The number of rotatable bonds is 4. The summed E-state index contributed by atoms with van der Waals surface area (Å²) in [4.78, 5) is 16.4. The predicted octanol–water partition coefficient (Wildman–Crippen LogP) is 3.63. The van der Waals surface area contributed by atoms with Crippen LogP contribution in [0.15, 0.2) is 0 Å². The van der Waals surface area contributed by atoms with Crippen LogP contribution < -0.4 is 5.32 Å². The molecule has 2 heterocycles. The Morgan fingerprint density at radius 3 is 2.57 bits per heavy atom. The summed E-state index contributed by atoms with van der Waals surface area (Å²) in [5, 5.41) is 27.3. The van der Waals surface area contributed by atoms with Gasteiger partial charge < -0.3 is 20.3 Å². The third kappa shape index (κ3) is 3.47. The molecule has 2 bridgehead atoms. The van der Waals surface area contributed by atoms with Gasteiger partial charge in [0.15, 0.2) is 0 Å². The molecule has 6 aliphatic carbocycles. The van der Waals surface area contributed by atoms with Gasteiger partial charge in [-0.15, -0.1) is 0 Å². The number of carbonyl (C=O) groups is 1. The van der Waals surface area contributed by atoms with E-state index in [2.05, 4.69) is 10.2 Å². The molecule has 206 valence electrons. The van der Waals surface area contributed by atoms with Gasteiger partial charge >= 0.3 is 0 Å². The number of hydrogen-bond acceptors (Lipinski definition) is 5. The van der Waals surface area contributed by atoms with Gasteiger partial charge in [0.1, 0.15) is 0 Å². The number of hydrogen-bond donors (Lipinski definition) is 3.